The number of quaternary nitrogens is 1. The summed E-state index contributed by atoms with van der Waals surface area (Å²) < 4.78 is 77.7. The molecule has 6 fully saturated rings. The fourth-order valence-corrected chi connectivity index (χ4v) is 9.37. The maximum atomic E-state index is 12.4. The van der Waals surface area contributed by atoms with E-state index in [4.69, 9.17) is 19.0 Å². The molecule has 6 rings (SSSR count). The molecule has 68 heavy (non-hydrogen) atoms. The maximum Gasteiger partial charge on any atom is 0.418 e. The Labute approximate surface area is 401 Å². The molecular formula is C41H75N9O16S2. The molecule has 0 spiro atoms. The number of carbonyl (C=O) groups is 5. The first-order chi connectivity index (χ1) is 31.9. The van der Waals surface area contributed by atoms with E-state index in [0.717, 1.165) is 4.90 Å². The van der Waals surface area contributed by atoms with Gasteiger partial charge in [-0.1, -0.05) is 53.4 Å². The van der Waals surface area contributed by atoms with Crippen molar-refractivity contribution >= 4 is 50.8 Å². The van der Waals surface area contributed by atoms with E-state index in [1.165, 1.54) is 91.8 Å². The van der Waals surface area contributed by atoms with Crippen LogP contribution in [0.1, 0.15) is 126 Å². The van der Waals surface area contributed by atoms with Crippen LogP contribution in [0.2, 0.25) is 0 Å². The average Bonchev–Trinajstić information content (AvgIpc) is 3.59. The van der Waals surface area contributed by atoms with E-state index in [1.54, 1.807) is 20.8 Å². The number of urea groups is 2. The third-order valence-electron chi connectivity index (χ3n) is 12.4. The van der Waals surface area contributed by atoms with Gasteiger partial charge < -0.3 is 33.8 Å². The first-order valence-electron chi connectivity index (χ1n) is 23.9. The zero-order valence-corrected chi connectivity index (χ0v) is 42.2. The van der Waals surface area contributed by atoms with Gasteiger partial charge in [0.15, 0.2) is 0 Å². The summed E-state index contributed by atoms with van der Waals surface area (Å²) in [6, 6.07) is -4.42. The lowest BCUT2D eigenvalue weighted by Crippen LogP contribution is -2.58. The monoisotopic (exact) mass is 1010 g/mol. The third-order valence-corrected chi connectivity index (χ3v) is 13.1. The van der Waals surface area contributed by atoms with Gasteiger partial charge in [0.1, 0.15) is 29.9 Å². The number of hydroxylamine groups is 6. The summed E-state index contributed by atoms with van der Waals surface area (Å²) >= 11 is 0. The molecule has 6 heterocycles. The standard InChI is InChI=1S/C16H36N.C15H24N4O9S.C10H16N4O7S/c1-5-9-13-17(14-10-6-2,15-11-7-3)16-12-8-4;1-15(2,3)26-14(22)17-7-10(8-17)27-16-12(20)11-5-4-9-6-18(11)13(21)19(9)28-29(23,24)25;15-9(12-20-7-3-11-4-7)8-2-1-6-5-13(8)10(16)14(6)21-22(17,18)19/h5-16H2,1-4H3;9-11H,4-8H2,1-3H3,(H,16,20)(H,23,24,25);6-8,11H,1-5H2,(H,12,15)(H,17,18,19)/q+1;;/p-1/t;9-,11+;6-,8+/m.11/s1. The van der Waals surface area contributed by atoms with E-state index in [-0.39, 0.29) is 45.1 Å². The number of rotatable bonds is 22. The summed E-state index contributed by atoms with van der Waals surface area (Å²) in [5.41, 5.74) is 3.99. The van der Waals surface area contributed by atoms with Crippen LogP contribution in [-0.4, -0.2) is 193 Å². The number of nitrogens with one attached hydrogen (secondary N) is 3. The molecule has 6 aliphatic rings. The Kier molecular flexibility index (Phi) is 21.3. The second-order valence-electron chi connectivity index (χ2n) is 19.1. The van der Waals surface area contributed by atoms with Crippen LogP contribution in [0.25, 0.3) is 0 Å². The number of piperidine rings is 2. The molecule has 0 aromatic rings. The molecule has 0 aromatic heterocycles. The molecule has 0 radical (unpaired) electrons. The number of ether oxygens (including phenoxy) is 1. The van der Waals surface area contributed by atoms with Crippen LogP contribution in [-0.2, 0) is 53.4 Å². The second-order valence-corrected chi connectivity index (χ2v) is 21.1. The molecule has 6 saturated heterocycles. The van der Waals surface area contributed by atoms with E-state index >= 15 is 0 Å². The predicted octanol–water partition coefficient (Wildman–Crippen LogP) is 2.33. The molecule has 392 valence electrons. The normalized spacial score (nSPS) is 23.0. The Bertz CT molecular complexity index is 1880. The van der Waals surface area contributed by atoms with Crippen molar-refractivity contribution in [1.82, 2.24) is 41.1 Å². The zero-order chi connectivity index (χ0) is 50.5. The minimum Gasteiger partial charge on any atom is -0.724 e. The first kappa shape index (κ1) is 56.9. The Hall–Kier alpha value is -3.67. The molecule has 27 heteroatoms. The van der Waals surface area contributed by atoms with Gasteiger partial charge in [0.25, 0.3) is 11.8 Å². The molecule has 4 atom stereocenters. The number of hydrogen-bond acceptors (Lipinski definition) is 16. The van der Waals surface area contributed by atoms with Crippen molar-refractivity contribution < 1.29 is 77.4 Å². The van der Waals surface area contributed by atoms with Crippen LogP contribution < -0.4 is 16.3 Å². The Morgan fingerprint density at radius 3 is 1.46 bits per heavy atom. The number of amides is 7. The predicted molar refractivity (Wildman–Crippen MR) is 241 cm³/mol. The Balaban J connectivity index is 0.000000232. The van der Waals surface area contributed by atoms with E-state index < -0.39 is 86.6 Å². The van der Waals surface area contributed by atoms with Gasteiger partial charge in [-0.25, -0.2) is 33.8 Å². The van der Waals surface area contributed by atoms with Crippen LogP contribution in [0.15, 0.2) is 0 Å². The van der Waals surface area contributed by atoms with Gasteiger partial charge in [0.2, 0.25) is 10.4 Å². The highest BCUT2D eigenvalue weighted by atomic mass is 32.3. The van der Waals surface area contributed by atoms with Crippen molar-refractivity contribution in [3.8, 4) is 0 Å². The van der Waals surface area contributed by atoms with Crippen molar-refractivity contribution in [3.63, 3.8) is 0 Å². The number of likely N-dealkylation sites (tertiary alicyclic amines) is 1. The fourth-order valence-electron chi connectivity index (χ4n) is 8.60. The smallest absolute Gasteiger partial charge is 0.418 e. The Morgan fingerprint density at radius 2 is 1.10 bits per heavy atom. The molecule has 4 bridgehead atoms. The van der Waals surface area contributed by atoms with Crippen LogP contribution in [0, 0.1) is 0 Å². The number of nitrogens with zero attached hydrogens (tertiary/aromatic N) is 6. The van der Waals surface area contributed by atoms with Crippen molar-refractivity contribution in [1.29, 1.82) is 0 Å². The van der Waals surface area contributed by atoms with Crippen LogP contribution in [0.3, 0.4) is 0 Å². The highest BCUT2D eigenvalue weighted by Crippen LogP contribution is 2.32. The van der Waals surface area contributed by atoms with Crippen molar-refractivity contribution in [2.24, 2.45) is 0 Å². The average molecular weight is 1010 g/mol. The van der Waals surface area contributed by atoms with Crippen molar-refractivity contribution in [2.75, 3.05) is 65.4 Å². The van der Waals surface area contributed by atoms with Gasteiger partial charge in [-0.3, -0.25) is 23.8 Å². The van der Waals surface area contributed by atoms with Gasteiger partial charge in [-0.2, -0.15) is 22.8 Å². The SMILES string of the molecule is CC(C)(C)OC(=O)N1CC(ONC(=O)[C@@H]2CC[C@@H]3CN2C(=O)N3OS(=O)(=O)[O-])C1.CCCC[N+](CCCC)(CCCC)CCCC.O=C(NOC1CNC1)[C@@H]1CC[C@@H]2CN1C(=O)N2OS(=O)(=O)O. The van der Waals surface area contributed by atoms with Gasteiger partial charge >= 0.3 is 28.6 Å². The van der Waals surface area contributed by atoms with Crippen LogP contribution in [0.4, 0.5) is 14.4 Å². The highest BCUT2D eigenvalue weighted by Gasteiger charge is 2.51. The Morgan fingerprint density at radius 1 is 0.691 bits per heavy atom. The van der Waals surface area contributed by atoms with Gasteiger partial charge in [-0.05, 0) is 72.1 Å². The number of carbonyl (C=O) groups excluding carboxylic acids is 5. The molecule has 4 N–H and O–H groups in total. The molecule has 0 aliphatic carbocycles. The van der Waals surface area contributed by atoms with Gasteiger partial charge in [0.05, 0.1) is 51.4 Å². The minimum absolute atomic E-state index is 0.0578. The molecule has 25 nitrogen and oxygen atoms in total. The highest BCUT2D eigenvalue weighted by molar-refractivity contribution is 7.81. The van der Waals surface area contributed by atoms with Crippen LogP contribution in [0.5, 0.6) is 0 Å². The van der Waals surface area contributed by atoms with Gasteiger partial charge in [-0.15, -0.1) is 4.28 Å². The number of fused-ring (bicyclic) bond motifs is 4. The van der Waals surface area contributed by atoms with E-state index in [2.05, 4.69) is 52.5 Å². The maximum absolute atomic E-state index is 12.4. The summed E-state index contributed by atoms with van der Waals surface area (Å²) in [5, 5.41) is 4.08. The lowest BCUT2D eigenvalue weighted by atomic mass is 10.0. The molecule has 7 amide bonds. The zero-order valence-electron chi connectivity index (χ0n) is 40.6. The minimum atomic E-state index is -5.10. The molecule has 6 aliphatic heterocycles. The molecule has 0 saturated carbocycles. The van der Waals surface area contributed by atoms with E-state index in [1.807, 2.05) is 0 Å². The lowest BCUT2D eigenvalue weighted by Gasteiger charge is -2.39. The topological polar surface area (TPSA) is 295 Å². The lowest BCUT2D eigenvalue weighted by molar-refractivity contribution is -0.929. The summed E-state index contributed by atoms with van der Waals surface area (Å²) in [4.78, 5) is 74.9. The summed E-state index contributed by atoms with van der Waals surface area (Å²) in [7, 11) is -9.89. The summed E-state index contributed by atoms with van der Waals surface area (Å²) in [5.74, 6) is -1.05. The van der Waals surface area contributed by atoms with Gasteiger partial charge in [0, 0.05) is 26.2 Å². The number of hydrogen-bond donors (Lipinski definition) is 4. The van der Waals surface area contributed by atoms with E-state index in [9.17, 15) is 45.4 Å². The summed E-state index contributed by atoms with van der Waals surface area (Å²) in [6.07, 6.45) is 11.3. The first-order valence-corrected chi connectivity index (χ1v) is 26.6. The quantitative estimate of drug-likeness (QED) is 0.0524. The van der Waals surface area contributed by atoms with Crippen LogP contribution >= 0.6 is 0 Å². The van der Waals surface area contributed by atoms with E-state index in [0.29, 0.717) is 36.1 Å². The van der Waals surface area contributed by atoms with Crippen molar-refractivity contribution in [2.45, 2.75) is 167 Å². The molecular weight excluding hydrogens is 939 g/mol. The van der Waals surface area contributed by atoms with Crippen molar-refractivity contribution in [3.05, 3.63) is 0 Å². The third kappa shape index (κ3) is 17.0. The molecule has 0 unspecified atom stereocenters. The number of unbranched alkanes of at least 4 members (excludes halogenated alkanes) is 4. The second kappa shape index (κ2) is 25.4. The fraction of sp³-hybridized carbons (Fsp3) is 0.878. The largest absolute Gasteiger partial charge is 0.724 e. The molecule has 0 aromatic carbocycles. The summed E-state index contributed by atoms with van der Waals surface area (Å²) in [6.45, 7) is 22.3.